The van der Waals surface area contributed by atoms with Gasteiger partial charge < -0.3 is 14.6 Å². The van der Waals surface area contributed by atoms with Gasteiger partial charge in [-0.3, -0.25) is 0 Å². The maximum Gasteiger partial charge on any atom is 0.335 e. The number of aliphatic hydroxyl groups is 1. The summed E-state index contributed by atoms with van der Waals surface area (Å²) in [5.41, 5.74) is 0.843. The van der Waals surface area contributed by atoms with Crippen molar-refractivity contribution in [3.05, 3.63) is 51.7 Å². The fraction of sp³-hybridized carbons (Fsp3) is 0.312. The second kappa shape index (κ2) is 6.74. The molecule has 0 aliphatic carbocycles. The molecule has 1 aromatic carbocycles. The lowest BCUT2D eigenvalue weighted by Gasteiger charge is -2.20. The quantitative estimate of drug-likeness (QED) is 0.863. The van der Waals surface area contributed by atoms with Crippen LogP contribution in [0.15, 0.2) is 36.4 Å². The van der Waals surface area contributed by atoms with E-state index < -0.39 is 18.0 Å². The third kappa shape index (κ3) is 3.43. The van der Waals surface area contributed by atoms with Crippen LogP contribution in [0.2, 0.25) is 0 Å². The van der Waals surface area contributed by atoms with Crippen molar-refractivity contribution in [1.29, 1.82) is 0 Å². The fourth-order valence-electron chi connectivity index (χ4n) is 2.19. The Labute approximate surface area is 128 Å². The first-order chi connectivity index (χ1) is 10.1. The Balaban J connectivity index is 2.41. The molecule has 0 spiro atoms. The molecule has 0 saturated heterocycles. The highest BCUT2D eigenvalue weighted by Crippen LogP contribution is 2.34. The van der Waals surface area contributed by atoms with Crippen molar-refractivity contribution in [1.82, 2.24) is 0 Å². The molecule has 0 unspecified atom stereocenters. The number of aryl methyl sites for hydroxylation is 1. The number of aliphatic hydroxyl groups excluding tert-OH is 1. The van der Waals surface area contributed by atoms with Crippen LogP contribution >= 0.6 is 11.3 Å². The molecule has 1 heterocycles. The third-order valence-corrected chi connectivity index (χ3v) is 4.38. The Morgan fingerprint density at radius 3 is 2.29 bits per heavy atom. The van der Waals surface area contributed by atoms with Crippen molar-refractivity contribution < 1.29 is 19.4 Å². The van der Waals surface area contributed by atoms with E-state index in [1.807, 2.05) is 43.3 Å². The van der Waals surface area contributed by atoms with E-state index in [1.165, 1.54) is 7.11 Å². The van der Waals surface area contributed by atoms with Crippen molar-refractivity contribution in [2.24, 2.45) is 0 Å². The summed E-state index contributed by atoms with van der Waals surface area (Å²) in [5.74, 6) is -0.351. The van der Waals surface area contributed by atoms with E-state index in [1.54, 1.807) is 18.4 Å². The van der Waals surface area contributed by atoms with E-state index in [-0.39, 0.29) is 0 Å². The van der Waals surface area contributed by atoms with E-state index >= 15 is 0 Å². The van der Waals surface area contributed by atoms with Crippen molar-refractivity contribution in [2.45, 2.75) is 18.9 Å². The number of hydrogen-bond donors (Lipinski definition) is 1. The number of benzene rings is 1. The largest absolute Gasteiger partial charge is 0.497 e. The van der Waals surface area contributed by atoms with E-state index in [9.17, 15) is 9.90 Å². The van der Waals surface area contributed by atoms with Gasteiger partial charge in [-0.15, -0.1) is 11.3 Å². The predicted octanol–water partition coefficient (Wildman–Crippen LogP) is 2.73. The molecule has 0 bridgehead atoms. The lowest BCUT2D eigenvalue weighted by molar-refractivity contribution is -0.151. The van der Waals surface area contributed by atoms with Crippen molar-refractivity contribution >= 4 is 17.3 Å². The molecule has 0 fully saturated rings. The summed E-state index contributed by atoms with van der Waals surface area (Å²) in [6.45, 7) is 1.99. The molecule has 0 radical (unpaired) electrons. The molecular weight excluding hydrogens is 288 g/mol. The van der Waals surface area contributed by atoms with Gasteiger partial charge in [-0.1, -0.05) is 12.1 Å². The number of rotatable bonds is 5. The van der Waals surface area contributed by atoms with Gasteiger partial charge in [0.2, 0.25) is 0 Å². The lowest BCUT2D eigenvalue weighted by atomic mass is 9.91. The molecule has 0 saturated carbocycles. The molecular formula is C16H18O4S. The highest BCUT2D eigenvalue weighted by molar-refractivity contribution is 7.12. The molecule has 21 heavy (non-hydrogen) atoms. The Morgan fingerprint density at radius 1 is 1.14 bits per heavy atom. The highest BCUT2D eigenvalue weighted by atomic mass is 32.1. The average Bonchev–Trinajstić information content (AvgIpc) is 2.93. The maximum atomic E-state index is 11.7. The molecule has 5 heteroatoms. The highest BCUT2D eigenvalue weighted by Gasteiger charge is 2.30. The number of thiophene rings is 1. The van der Waals surface area contributed by atoms with Crippen molar-refractivity contribution in [3.8, 4) is 5.75 Å². The van der Waals surface area contributed by atoms with E-state index in [0.29, 0.717) is 0 Å². The molecule has 2 rings (SSSR count). The Morgan fingerprint density at radius 2 is 1.81 bits per heavy atom. The van der Waals surface area contributed by atoms with Crippen LogP contribution < -0.4 is 4.74 Å². The smallest absolute Gasteiger partial charge is 0.335 e. The first kappa shape index (κ1) is 15.5. The Hall–Kier alpha value is -1.85. The van der Waals surface area contributed by atoms with Gasteiger partial charge in [0.1, 0.15) is 5.75 Å². The summed E-state index contributed by atoms with van der Waals surface area (Å²) in [7, 11) is 2.87. The molecule has 0 aliphatic rings. The van der Waals surface area contributed by atoms with Crippen molar-refractivity contribution in [2.75, 3.05) is 14.2 Å². The average molecular weight is 306 g/mol. The number of methoxy groups -OCH3 is 2. The number of hydrogen-bond acceptors (Lipinski definition) is 5. The maximum absolute atomic E-state index is 11.7. The first-order valence-electron chi connectivity index (χ1n) is 6.53. The van der Waals surface area contributed by atoms with Crippen LogP contribution in [-0.4, -0.2) is 31.4 Å². The van der Waals surface area contributed by atoms with Crippen LogP contribution in [0.25, 0.3) is 0 Å². The van der Waals surface area contributed by atoms with Crippen LogP contribution in [-0.2, 0) is 9.53 Å². The van der Waals surface area contributed by atoms with Crippen LogP contribution in [0.4, 0.5) is 0 Å². The van der Waals surface area contributed by atoms with Gasteiger partial charge in [0, 0.05) is 9.75 Å². The van der Waals surface area contributed by atoms with Gasteiger partial charge >= 0.3 is 5.97 Å². The standard InChI is InChI=1S/C16H18O4S/c1-10-4-9-13(21-10)14(15(17)16(18)20-3)11-5-7-12(19-2)8-6-11/h4-9,14-15,17H,1-3H3/t14-,15-/m0/s1. The molecule has 0 aliphatic heterocycles. The van der Waals surface area contributed by atoms with E-state index in [0.717, 1.165) is 21.1 Å². The topological polar surface area (TPSA) is 55.8 Å². The third-order valence-electron chi connectivity index (χ3n) is 3.30. The normalized spacial score (nSPS) is 13.5. The van der Waals surface area contributed by atoms with Gasteiger partial charge in [0.25, 0.3) is 0 Å². The molecule has 112 valence electrons. The summed E-state index contributed by atoms with van der Waals surface area (Å²) >= 11 is 1.56. The zero-order valence-electron chi connectivity index (χ0n) is 12.2. The van der Waals surface area contributed by atoms with E-state index in [4.69, 9.17) is 4.74 Å². The minimum absolute atomic E-state index is 0.443. The number of carbonyl (C=O) groups excluding carboxylic acids is 1. The molecule has 4 nitrogen and oxygen atoms in total. The van der Waals surface area contributed by atoms with Crippen LogP contribution in [0.1, 0.15) is 21.2 Å². The zero-order chi connectivity index (χ0) is 15.4. The summed E-state index contributed by atoms with van der Waals surface area (Å²) in [6, 6.07) is 11.2. The van der Waals surface area contributed by atoms with Crippen molar-refractivity contribution in [3.63, 3.8) is 0 Å². The number of carbonyl (C=O) groups is 1. The lowest BCUT2D eigenvalue weighted by Crippen LogP contribution is -2.29. The molecule has 0 amide bonds. The number of esters is 1. The fourth-order valence-corrected chi connectivity index (χ4v) is 3.23. The summed E-state index contributed by atoms with van der Waals surface area (Å²) < 4.78 is 9.81. The minimum atomic E-state index is -1.23. The molecule has 1 N–H and O–H groups in total. The van der Waals surface area contributed by atoms with E-state index in [2.05, 4.69) is 4.74 Å². The monoisotopic (exact) mass is 306 g/mol. The second-order valence-corrected chi connectivity index (χ2v) is 5.99. The summed E-state index contributed by atoms with van der Waals surface area (Å²) in [6.07, 6.45) is -1.23. The predicted molar refractivity (Wildman–Crippen MR) is 81.9 cm³/mol. The van der Waals surface area contributed by atoms with Crippen LogP contribution in [0, 0.1) is 6.92 Å². The SMILES string of the molecule is COC(=O)[C@@H](O)[C@@H](c1ccc(OC)cc1)c1ccc(C)s1. The van der Waals surface area contributed by atoms with Gasteiger partial charge in [-0.25, -0.2) is 4.79 Å². The molecule has 2 atom stereocenters. The van der Waals surface area contributed by atoms with Crippen LogP contribution in [0.3, 0.4) is 0 Å². The second-order valence-electron chi connectivity index (χ2n) is 4.67. The van der Waals surface area contributed by atoms with Gasteiger partial charge in [-0.05, 0) is 36.8 Å². The van der Waals surface area contributed by atoms with Crippen LogP contribution in [0.5, 0.6) is 5.75 Å². The first-order valence-corrected chi connectivity index (χ1v) is 7.34. The van der Waals surface area contributed by atoms with Gasteiger partial charge in [0.05, 0.1) is 20.1 Å². The summed E-state index contributed by atoms with van der Waals surface area (Å²) in [4.78, 5) is 13.8. The van der Waals surface area contributed by atoms with Gasteiger partial charge in [0.15, 0.2) is 6.10 Å². The van der Waals surface area contributed by atoms with Gasteiger partial charge in [-0.2, -0.15) is 0 Å². The molecule has 2 aromatic rings. The minimum Gasteiger partial charge on any atom is -0.497 e. The Bertz CT molecular complexity index is 603. The molecule has 1 aromatic heterocycles. The summed E-state index contributed by atoms with van der Waals surface area (Å²) in [5, 5.41) is 10.3. The number of ether oxygens (including phenoxy) is 2. The zero-order valence-corrected chi connectivity index (χ0v) is 13.0. The Kier molecular flexibility index (Phi) is 4.98.